The molecule has 7 nitrogen and oxygen atoms in total. The molecule has 4 rings (SSSR count). The summed E-state index contributed by atoms with van der Waals surface area (Å²) in [6.45, 7) is 0.658. The van der Waals surface area contributed by atoms with Crippen molar-refractivity contribution in [2.24, 2.45) is 0 Å². The molecule has 3 amide bonds. The number of hydrogen-bond acceptors (Lipinski definition) is 6. The molecule has 0 radical (unpaired) electrons. The molecule has 2 aromatic heterocycles. The fourth-order valence-corrected chi connectivity index (χ4v) is 4.41. The Balaban J connectivity index is 1.39. The zero-order valence-electron chi connectivity index (χ0n) is 15.4. The van der Waals surface area contributed by atoms with Gasteiger partial charge in [0.25, 0.3) is 5.91 Å². The Morgan fingerprint density at radius 1 is 1.10 bits per heavy atom. The maximum Gasteiger partial charge on any atom is 0.267 e. The molecule has 0 aliphatic carbocycles. The fraction of sp³-hybridized carbons (Fsp3) is 0.200. The number of nitrogens with zero attached hydrogens (tertiary/aromatic N) is 2. The standard InChI is InChI=1S/C20H18N4O3S2/c25-17(22-14-5-1-2-6-15(14)24-9-3-8-18(24)26)11-13-12-29-20(21-13)23-19(27)16-7-4-10-28-16/h1-2,4-7,10,12H,3,8-9,11H2,(H,22,25)(H,21,23,27). The Hall–Kier alpha value is -3.04. The van der Waals surface area contributed by atoms with Gasteiger partial charge in [-0.2, -0.15) is 0 Å². The molecule has 1 aromatic carbocycles. The van der Waals surface area contributed by atoms with Crippen molar-refractivity contribution in [2.45, 2.75) is 19.3 Å². The zero-order valence-corrected chi connectivity index (χ0v) is 17.0. The van der Waals surface area contributed by atoms with Crippen LogP contribution in [0, 0.1) is 0 Å². The van der Waals surface area contributed by atoms with Crippen LogP contribution in [-0.4, -0.2) is 29.3 Å². The Labute approximate surface area is 175 Å². The third kappa shape index (κ3) is 4.52. The first-order valence-corrected chi connectivity index (χ1v) is 10.8. The van der Waals surface area contributed by atoms with Gasteiger partial charge in [0.15, 0.2) is 5.13 Å². The number of benzene rings is 1. The van der Waals surface area contributed by atoms with Crippen LogP contribution >= 0.6 is 22.7 Å². The number of carbonyl (C=O) groups is 3. The summed E-state index contributed by atoms with van der Waals surface area (Å²) < 4.78 is 0. The number of nitrogens with one attached hydrogen (secondary N) is 2. The molecule has 0 saturated carbocycles. The Morgan fingerprint density at radius 2 is 1.97 bits per heavy atom. The second-order valence-electron chi connectivity index (χ2n) is 6.47. The first-order chi connectivity index (χ1) is 14.1. The molecule has 1 fully saturated rings. The third-order valence-corrected chi connectivity index (χ3v) is 6.08. The van der Waals surface area contributed by atoms with Gasteiger partial charge in [0, 0.05) is 18.3 Å². The topological polar surface area (TPSA) is 91.4 Å². The van der Waals surface area contributed by atoms with Gasteiger partial charge in [-0.3, -0.25) is 19.7 Å². The highest BCUT2D eigenvalue weighted by Crippen LogP contribution is 2.29. The Bertz CT molecular complexity index is 1050. The van der Waals surface area contributed by atoms with Crippen LogP contribution in [-0.2, 0) is 16.0 Å². The first-order valence-electron chi connectivity index (χ1n) is 9.08. The molecule has 0 spiro atoms. The van der Waals surface area contributed by atoms with Crippen molar-refractivity contribution in [1.29, 1.82) is 0 Å². The van der Waals surface area contributed by atoms with Crippen LogP contribution < -0.4 is 15.5 Å². The lowest BCUT2D eigenvalue weighted by atomic mass is 10.2. The van der Waals surface area contributed by atoms with Crippen LogP contribution in [0.2, 0.25) is 0 Å². The monoisotopic (exact) mass is 426 g/mol. The summed E-state index contributed by atoms with van der Waals surface area (Å²) in [5, 5.41) is 9.65. The lowest BCUT2D eigenvalue weighted by Gasteiger charge is -2.19. The smallest absolute Gasteiger partial charge is 0.267 e. The SMILES string of the molecule is O=C(Cc1csc(NC(=O)c2cccs2)n1)Nc1ccccc1N1CCCC1=O. The summed E-state index contributed by atoms with van der Waals surface area (Å²) in [5.41, 5.74) is 1.89. The van der Waals surface area contributed by atoms with Crippen LogP contribution in [0.5, 0.6) is 0 Å². The average molecular weight is 427 g/mol. The number of anilines is 3. The van der Waals surface area contributed by atoms with Crippen molar-refractivity contribution >= 4 is 56.9 Å². The minimum absolute atomic E-state index is 0.0670. The molecule has 0 atom stereocenters. The number of aromatic nitrogens is 1. The van der Waals surface area contributed by atoms with Crippen LogP contribution in [0.15, 0.2) is 47.2 Å². The second-order valence-corrected chi connectivity index (χ2v) is 8.27. The number of thiophene rings is 1. The van der Waals surface area contributed by atoms with E-state index < -0.39 is 0 Å². The van der Waals surface area contributed by atoms with Crippen molar-refractivity contribution in [1.82, 2.24) is 4.98 Å². The number of carbonyl (C=O) groups excluding carboxylic acids is 3. The number of rotatable bonds is 6. The van der Waals surface area contributed by atoms with Crippen molar-refractivity contribution in [3.05, 3.63) is 57.7 Å². The highest BCUT2D eigenvalue weighted by atomic mass is 32.1. The summed E-state index contributed by atoms with van der Waals surface area (Å²) in [4.78, 5) is 43.3. The molecule has 3 aromatic rings. The van der Waals surface area contributed by atoms with Gasteiger partial charge in [-0.05, 0) is 30.0 Å². The van der Waals surface area contributed by atoms with Crippen molar-refractivity contribution in [2.75, 3.05) is 22.1 Å². The predicted molar refractivity (Wildman–Crippen MR) is 115 cm³/mol. The van der Waals surface area contributed by atoms with E-state index in [1.54, 1.807) is 22.4 Å². The molecule has 9 heteroatoms. The first kappa shape index (κ1) is 19.3. The van der Waals surface area contributed by atoms with Gasteiger partial charge in [-0.25, -0.2) is 4.98 Å². The lowest BCUT2D eigenvalue weighted by Crippen LogP contribution is -2.26. The van der Waals surface area contributed by atoms with E-state index in [0.29, 0.717) is 40.0 Å². The van der Waals surface area contributed by atoms with E-state index in [0.717, 1.165) is 6.42 Å². The number of para-hydroxylation sites is 2. The number of thiazole rings is 1. The molecule has 0 bridgehead atoms. The third-order valence-electron chi connectivity index (χ3n) is 4.40. The second kappa shape index (κ2) is 8.54. The molecule has 0 unspecified atom stereocenters. The minimum Gasteiger partial charge on any atom is -0.324 e. The van der Waals surface area contributed by atoms with Gasteiger partial charge < -0.3 is 10.2 Å². The van der Waals surface area contributed by atoms with Gasteiger partial charge in [-0.1, -0.05) is 18.2 Å². The molecular weight excluding hydrogens is 408 g/mol. The molecule has 1 aliphatic rings. The van der Waals surface area contributed by atoms with E-state index in [1.165, 1.54) is 22.7 Å². The summed E-state index contributed by atoms with van der Waals surface area (Å²) in [7, 11) is 0. The van der Waals surface area contributed by atoms with Gasteiger partial charge in [-0.15, -0.1) is 22.7 Å². The largest absolute Gasteiger partial charge is 0.324 e. The van der Waals surface area contributed by atoms with Crippen LogP contribution in [0.3, 0.4) is 0 Å². The van der Waals surface area contributed by atoms with Crippen molar-refractivity contribution < 1.29 is 14.4 Å². The minimum atomic E-state index is -0.231. The predicted octanol–water partition coefficient (Wildman–Crippen LogP) is 3.76. The maximum absolute atomic E-state index is 12.5. The van der Waals surface area contributed by atoms with Crippen LogP contribution in [0.1, 0.15) is 28.2 Å². The van der Waals surface area contributed by atoms with E-state index in [1.807, 2.05) is 29.6 Å². The molecule has 29 heavy (non-hydrogen) atoms. The van der Waals surface area contributed by atoms with Gasteiger partial charge in [0.1, 0.15) is 0 Å². The van der Waals surface area contributed by atoms with Crippen LogP contribution in [0.25, 0.3) is 0 Å². The summed E-state index contributed by atoms with van der Waals surface area (Å²) in [6, 6.07) is 10.8. The summed E-state index contributed by atoms with van der Waals surface area (Å²) in [5.74, 6) is -0.377. The van der Waals surface area contributed by atoms with E-state index in [9.17, 15) is 14.4 Å². The van der Waals surface area contributed by atoms with Gasteiger partial charge in [0.2, 0.25) is 11.8 Å². The number of hydrogen-bond donors (Lipinski definition) is 2. The molecule has 3 heterocycles. The van der Waals surface area contributed by atoms with Gasteiger partial charge >= 0.3 is 0 Å². The highest BCUT2D eigenvalue weighted by Gasteiger charge is 2.24. The molecule has 2 N–H and O–H groups in total. The van der Waals surface area contributed by atoms with E-state index in [2.05, 4.69) is 15.6 Å². The van der Waals surface area contributed by atoms with E-state index in [4.69, 9.17) is 0 Å². The average Bonchev–Trinajstić information content (AvgIpc) is 3.45. The Kier molecular flexibility index (Phi) is 5.68. The van der Waals surface area contributed by atoms with Crippen molar-refractivity contribution in [3.8, 4) is 0 Å². The van der Waals surface area contributed by atoms with E-state index >= 15 is 0 Å². The van der Waals surface area contributed by atoms with E-state index in [-0.39, 0.29) is 24.1 Å². The normalized spacial score (nSPS) is 13.5. The zero-order chi connectivity index (χ0) is 20.2. The van der Waals surface area contributed by atoms with Crippen LogP contribution in [0.4, 0.5) is 16.5 Å². The lowest BCUT2D eigenvalue weighted by molar-refractivity contribution is -0.117. The summed E-state index contributed by atoms with van der Waals surface area (Å²) >= 11 is 2.63. The molecule has 148 valence electrons. The highest BCUT2D eigenvalue weighted by molar-refractivity contribution is 7.14. The quantitative estimate of drug-likeness (QED) is 0.628. The van der Waals surface area contributed by atoms with Gasteiger partial charge in [0.05, 0.1) is 28.4 Å². The Morgan fingerprint density at radius 3 is 2.72 bits per heavy atom. The molecular formula is C20H18N4O3S2. The molecule has 1 aliphatic heterocycles. The fourth-order valence-electron chi connectivity index (χ4n) is 3.09. The summed E-state index contributed by atoms with van der Waals surface area (Å²) in [6.07, 6.45) is 1.43. The maximum atomic E-state index is 12.5. The van der Waals surface area contributed by atoms with Crippen molar-refractivity contribution in [3.63, 3.8) is 0 Å². The number of amides is 3. The molecule has 1 saturated heterocycles.